The predicted molar refractivity (Wildman–Crippen MR) is 108 cm³/mol. The Morgan fingerprint density at radius 2 is 1.96 bits per heavy atom. The molecule has 2 amide bonds. The first-order valence-corrected chi connectivity index (χ1v) is 9.66. The molecule has 3 aromatic rings. The van der Waals surface area contributed by atoms with Crippen molar-refractivity contribution in [3.05, 3.63) is 60.0 Å². The number of aromatic nitrogens is 2. The summed E-state index contributed by atoms with van der Waals surface area (Å²) in [6.07, 6.45) is 3.98. The zero-order valence-corrected chi connectivity index (χ0v) is 16.1. The molecule has 5 nitrogen and oxygen atoms in total. The Kier molecular flexibility index (Phi) is 4.60. The monoisotopic (exact) mass is 362 g/mol. The van der Waals surface area contributed by atoms with E-state index in [2.05, 4.69) is 47.0 Å². The summed E-state index contributed by atoms with van der Waals surface area (Å²) < 4.78 is 2.14. The van der Waals surface area contributed by atoms with Crippen molar-refractivity contribution < 1.29 is 4.79 Å². The summed E-state index contributed by atoms with van der Waals surface area (Å²) in [5.41, 5.74) is 4.38. The van der Waals surface area contributed by atoms with Crippen molar-refractivity contribution >= 4 is 11.5 Å². The number of amides is 2. The SMILES string of the molecule is Cc1ccc(-c2nc(C3CCCN3C(=O)NC(C)C)n3ccccc23)cc1. The van der Waals surface area contributed by atoms with E-state index in [1.807, 2.05) is 37.1 Å². The van der Waals surface area contributed by atoms with E-state index < -0.39 is 0 Å². The van der Waals surface area contributed by atoms with E-state index in [0.717, 1.165) is 42.0 Å². The molecule has 0 aliphatic carbocycles. The molecule has 2 aromatic heterocycles. The summed E-state index contributed by atoms with van der Waals surface area (Å²) >= 11 is 0. The first-order chi connectivity index (χ1) is 13.0. The van der Waals surface area contributed by atoms with Gasteiger partial charge in [0.05, 0.1) is 17.3 Å². The second-order valence-electron chi connectivity index (χ2n) is 7.60. The van der Waals surface area contributed by atoms with Crippen LogP contribution in [-0.4, -0.2) is 32.9 Å². The van der Waals surface area contributed by atoms with E-state index in [9.17, 15) is 4.79 Å². The number of benzene rings is 1. The molecule has 0 saturated carbocycles. The average molecular weight is 362 g/mol. The number of imidazole rings is 1. The highest BCUT2D eigenvalue weighted by molar-refractivity contribution is 5.79. The number of carbonyl (C=O) groups is 1. The lowest BCUT2D eigenvalue weighted by Crippen LogP contribution is -2.42. The molecule has 0 radical (unpaired) electrons. The Balaban J connectivity index is 1.78. The van der Waals surface area contributed by atoms with Gasteiger partial charge in [-0.05, 0) is 45.7 Å². The minimum absolute atomic E-state index is 0.00199. The molecule has 1 atom stereocenters. The summed E-state index contributed by atoms with van der Waals surface area (Å²) in [5.74, 6) is 0.942. The zero-order valence-electron chi connectivity index (χ0n) is 16.1. The second kappa shape index (κ2) is 7.06. The molecule has 1 aromatic carbocycles. The largest absolute Gasteiger partial charge is 0.336 e. The lowest BCUT2D eigenvalue weighted by atomic mass is 10.1. The Bertz CT molecular complexity index is 958. The molecule has 1 N–H and O–H groups in total. The number of hydrogen-bond acceptors (Lipinski definition) is 2. The van der Waals surface area contributed by atoms with Gasteiger partial charge < -0.3 is 14.6 Å². The van der Waals surface area contributed by atoms with Gasteiger partial charge in [-0.2, -0.15) is 0 Å². The van der Waals surface area contributed by atoms with Gasteiger partial charge in [-0.15, -0.1) is 0 Å². The Morgan fingerprint density at radius 1 is 1.19 bits per heavy atom. The minimum Gasteiger partial charge on any atom is -0.336 e. The van der Waals surface area contributed by atoms with Gasteiger partial charge in [0.1, 0.15) is 5.82 Å². The fraction of sp³-hybridized carbons (Fsp3) is 0.364. The first kappa shape index (κ1) is 17.6. The molecule has 5 heteroatoms. The van der Waals surface area contributed by atoms with Gasteiger partial charge in [-0.1, -0.05) is 35.9 Å². The number of hydrogen-bond donors (Lipinski definition) is 1. The summed E-state index contributed by atoms with van der Waals surface area (Å²) in [5, 5.41) is 3.03. The molecule has 140 valence electrons. The lowest BCUT2D eigenvalue weighted by molar-refractivity contribution is 0.188. The number of rotatable bonds is 3. The maximum atomic E-state index is 12.7. The molecule has 0 spiro atoms. The van der Waals surface area contributed by atoms with Crippen LogP contribution in [0.3, 0.4) is 0 Å². The standard InChI is InChI=1S/C22H26N4O/c1-15(2)23-22(27)26-14-6-8-19(26)21-24-20(17-11-9-16(3)10-12-17)18-7-4-5-13-25(18)21/h4-5,7,9-13,15,19H,6,8,14H2,1-3H3,(H,23,27). The van der Waals surface area contributed by atoms with Gasteiger partial charge in [0.15, 0.2) is 0 Å². The van der Waals surface area contributed by atoms with E-state index in [4.69, 9.17) is 4.98 Å². The molecule has 1 saturated heterocycles. The molecule has 1 fully saturated rings. The average Bonchev–Trinajstić information content (AvgIpc) is 3.26. The Labute approximate surface area is 160 Å². The minimum atomic E-state index is -0.00272. The van der Waals surface area contributed by atoms with E-state index in [1.165, 1.54) is 5.56 Å². The van der Waals surface area contributed by atoms with Crippen molar-refractivity contribution in [3.8, 4) is 11.3 Å². The summed E-state index contributed by atoms with van der Waals surface area (Å²) in [6.45, 7) is 6.84. The molecule has 4 rings (SSSR count). The van der Waals surface area contributed by atoms with Crippen LogP contribution in [0.2, 0.25) is 0 Å². The molecule has 3 heterocycles. The number of carbonyl (C=O) groups excluding carboxylic acids is 1. The quantitative estimate of drug-likeness (QED) is 0.742. The third-order valence-corrected chi connectivity index (χ3v) is 5.12. The molecule has 1 aliphatic rings. The fourth-order valence-electron chi connectivity index (χ4n) is 3.83. The van der Waals surface area contributed by atoms with E-state index >= 15 is 0 Å². The highest BCUT2D eigenvalue weighted by Gasteiger charge is 2.33. The van der Waals surface area contributed by atoms with Crippen LogP contribution < -0.4 is 5.32 Å². The molecule has 1 unspecified atom stereocenters. The topological polar surface area (TPSA) is 49.6 Å². The molecule has 0 bridgehead atoms. The fourth-order valence-corrected chi connectivity index (χ4v) is 3.83. The number of nitrogens with zero attached hydrogens (tertiary/aromatic N) is 3. The zero-order chi connectivity index (χ0) is 19.0. The van der Waals surface area contributed by atoms with E-state index in [1.54, 1.807) is 0 Å². The van der Waals surface area contributed by atoms with Crippen LogP contribution in [0.4, 0.5) is 4.79 Å². The molecule has 27 heavy (non-hydrogen) atoms. The van der Waals surface area contributed by atoms with Crippen LogP contribution in [0, 0.1) is 6.92 Å². The van der Waals surface area contributed by atoms with Crippen molar-refractivity contribution in [2.45, 2.75) is 45.7 Å². The van der Waals surface area contributed by atoms with Crippen molar-refractivity contribution in [2.75, 3.05) is 6.54 Å². The first-order valence-electron chi connectivity index (χ1n) is 9.66. The van der Waals surface area contributed by atoms with Crippen molar-refractivity contribution in [2.24, 2.45) is 0 Å². The van der Waals surface area contributed by atoms with Crippen LogP contribution in [0.5, 0.6) is 0 Å². The highest BCUT2D eigenvalue weighted by atomic mass is 16.2. The van der Waals surface area contributed by atoms with Gasteiger partial charge >= 0.3 is 6.03 Å². The van der Waals surface area contributed by atoms with Crippen LogP contribution in [0.15, 0.2) is 48.7 Å². The van der Waals surface area contributed by atoms with Crippen LogP contribution >= 0.6 is 0 Å². The third-order valence-electron chi connectivity index (χ3n) is 5.12. The maximum Gasteiger partial charge on any atom is 0.318 e. The van der Waals surface area contributed by atoms with Gasteiger partial charge in [0.25, 0.3) is 0 Å². The maximum absolute atomic E-state index is 12.7. The van der Waals surface area contributed by atoms with Crippen molar-refractivity contribution in [1.29, 1.82) is 0 Å². The number of likely N-dealkylation sites (tertiary alicyclic amines) is 1. The Morgan fingerprint density at radius 3 is 2.70 bits per heavy atom. The molecular formula is C22H26N4O. The number of nitrogens with one attached hydrogen (secondary N) is 1. The lowest BCUT2D eigenvalue weighted by Gasteiger charge is -2.25. The second-order valence-corrected chi connectivity index (χ2v) is 7.60. The van der Waals surface area contributed by atoms with Crippen molar-refractivity contribution in [1.82, 2.24) is 19.6 Å². The number of urea groups is 1. The van der Waals surface area contributed by atoms with E-state index in [-0.39, 0.29) is 18.1 Å². The van der Waals surface area contributed by atoms with Crippen LogP contribution in [0.1, 0.15) is 44.1 Å². The number of fused-ring (bicyclic) bond motifs is 1. The smallest absolute Gasteiger partial charge is 0.318 e. The highest BCUT2D eigenvalue weighted by Crippen LogP contribution is 2.35. The van der Waals surface area contributed by atoms with Gasteiger partial charge in [0.2, 0.25) is 0 Å². The van der Waals surface area contributed by atoms with Crippen LogP contribution in [-0.2, 0) is 0 Å². The van der Waals surface area contributed by atoms with Gasteiger partial charge in [0, 0.05) is 24.3 Å². The Hall–Kier alpha value is -2.82. The van der Waals surface area contributed by atoms with Crippen molar-refractivity contribution in [3.63, 3.8) is 0 Å². The number of aryl methyl sites for hydroxylation is 1. The predicted octanol–water partition coefficient (Wildman–Crippen LogP) is 4.56. The van der Waals surface area contributed by atoms with Crippen LogP contribution in [0.25, 0.3) is 16.8 Å². The normalized spacial score (nSPS) is 17.0. The third kappa shape index (κ3) is 3.29. The summed E-state index contributed by atoms with van der Waals surface area (Å²) in [7, 11) is 0. The summed E-state index contributed by atoms with van der Waals surface area (Å²) in [4.78, 5) is 19.6. The summed E-state index contributed by atoms with van der Waals surface area (Å²) in [6, 6.07) is 14.7. The van der Waals surface area contributed by atoms with Gasteiger partial charge in [-0.3, -0.25) is 0 Å². The molecule has 1 aliphatic heterocycles. The van der Waals surface area contributed by atoms with Gasteiger partial charge in [-0.25, -0.2) is 9.78 Å². The number of pyridine rings is 1. The van der Waals surface area contributed by atoms with E-state index in [0.29, 0.717) is 0 Å². The molecular weight excluding hydrogens is 336 g/mol.